The van der Waals surface area contributed by atoms with Crippen molar-refractivity contribution in [2.45, 2.75) is 36.9 Å². The second-order valence-electron chi connectivity index (χ2n) is 9.98. The number of nitrogens with zero attached hydrogens (tertiary/aromatic N) is 6. The first-order chi connectivity index (χ1) is 21.7. The van der Waals surface area contributed by atoms with Gasteiger partial charge in [-0.05, 0) is 24.6 Å². The van der Waals surface area contributed by atoms with E-state index in [0.717, 1.165) is 0 Å². The molecule has 5 unspecified atom stereocenters. The minimum Gasteiger partial charge on any atom is -0.506 e. The number of aliphatic imine (C=N–C) groups is 2. The van der Waals surface area contributed by atoms with Crippen molar-refractivity contribution in [3.63, 3.8) is 0 Å². The van der Waals surface area contributed by atoms with Crippen LogP contribution in [0.1, 0.15) is 18.0 Å². The number of aliphatic hydroxyl groups excluding tert-OH is 2. The molecule has 8 atom stereocenters. The number of hydrogen-bond acceptors (Lipinski definition) is 16. The van der Waals surface area contributed by atoms with Crippen LogP contribution in [0.15, 0.2) is 44.9 Å². The normalized spacial score (nSPS) is 34.0. The molecule has 3 aliphatic rings. The van der Waals surface area contributed by atoms with Gasteiger partial charge in [-0.25, -0.2) is 14.5 Å². The van der Waals surface area contributed by atoms with Crippen LogP contribution in [-0.4, -0.2) is 96.4 Å². The number of nitrogen functional groups attached to an aromatic ring is 1. The van der Waals surface area contributed by atoms with Crippen molar-refractivity contribution >= 4 is 73.1 Å². The van der Waals surface area contributed by atoms with Gasteiger partial charge in [0.2, 0.25) is 12.2 Å². The lowest BCUT2D eigenvalue weighted by Gasteiger charge is -2.27. The number of nitrogens with one attached hydrogen (secondary N) is 1. The Kier molecular flexibility index (Phi) is 8.66. The third kappa shape index (κ3) is 5.90. The van der Waals surface area contributed by atoms with Crippen molar-refractivity contribution in [2.75, 3.05) is 26.0 Å². The maximum Gasteiger partial charge on any atom is 0.386 e. The molecule has 0 saturated carbocycles. The van der Waals surface area contributed by atoms with Crippen LogP contribution < -0.4 is 17.0 Å². The van der Waals surface area contributed by atoms with Gasteiger partial charge in [0.05, 0.1) is 12.2 Å². The summed E-state index contributed by atoms with van der Waals surface area (Å²) in [6.45, 7) is -6.35. The molecular formula is C22H27N9O11P2S2. The Morgan fingerprint density at radius 1 is 1.30 bits per heavy atom. The minimum absolute atomic E-state index is 0.0537. The van der Waals surface area contributed by atoms with E-state index in [1.54, 1.807) is 6.07 Å². The van der Waals surface area contributed by atoms with Gasteiger partial charge in [0, 0.05) is 13.2 Å². The van der Waals surface area contributed by atoms with E-state index in [1.165, 1.54) is 28.7 Å². The van der Waals surface area contributed by atoms with Gasteiger partial charge in [-0.15, -0.1) is 0 Å². The van der Waals surface area contributed by atoms with Crippen molar-refractivity contribution in [2.24, 2.45) is 15.7 Å². The molecule has 248 valence electrons. The van der Waals surface area contributed by atoms with E-state index >= 15 is 0 Å². The molecule has 3 aliphatic heterocycles. The lowest BCUT2D eigenvalue weighted by Crippen LogP contribution is -2.36. The van der Waals surface area contributed by atoms with Crippen molar-refractivity contribution in [1.82, 2.24) is 24.1 Å². The predicted octanol–water partition coefficient (Wildman–Crippen LogP) is 0.499. The summed E-state index contributed by atoms with van der Waals surface area (Å²) in [5.41, 5.74) is 11.2. The van der Waals surface area contributed by atoms with E-state index in [2.05, 4.69) is 43.9 Å². The highest BCUT2D eigenvalue weighted by atomic mass is 32.7. The first-order valence-electron chi connectivity index (χ1n) is 13.1. The number of imidazole rings is 1. The molecule has 46 heavy (non-hydrogen) atoms. The van der Waals surface area contributed by atoms with Crippen LogP contribution in [0, 0.1) is 0 Å². The van der Waals surface area contributed by atoms with E-state index in [0.29, 0.717) is 5.56 Å². The quantitative estimate of drug-likeness (QED) is 0.0837. The van der Waals surface area contributed by atoms with Gasteiger partial charge in [-0.2, -0.15) is 4.98 Å². The van der Waals surface area contributed by atoms with Gasteiger partial charge in [-0.1, -0.05) is 12.2 Å². The van der Waals surface area contributed by atoms with Gasteiger partial charge in [0.25, 0.3) is 5.56 Å². The van der Waals surface area contributed by atoms with E-state index in [9.17, 15) is 24.5 Å². The van der Waals surface area contributed by atoms with Gasteiger partial charge in [-0.3, -0.25) is 32.9 Å². The second kappa shape index (κ2) is 12.1. The Hall–Kier alpha value is -3.14. The Balaban J connectivity index is 1.33. The third-order valence-corrected chi connectivity index (χ3v) is 10.3. The zero-order chi connectivity index (χ0) is 33.1. The van der Waals surface area contributed by atoms with Crippen LogP contribution >= 0.6 is 25.8 Å². The maximum atomic E-state index is 13.4. The van der Waals surface area contributed by atoms with Crippen LogP contribution in [0.4, 0.5) is 11.8 Å². The molecule has 1 fully saturated rings. The first-order valence-corrected chi connectivity index (χ1v) is 18.4. The highest BCUT2D eigenvalue weighted by Crippen LogP contribution is 2.58. The molecule has 3 aromatic rings. The van der Waals surface area contributed by atoms with Crippen LogP contribution in [0.25, 0.3) is 11.2 Å². The molecule has 0 radical (unpaired) electrons. The van der Waals surface area contributed by atoms with E-state index in [-0.39, 0.29) is 34.5 Å². The van der Waals surface area contributed by atoms with Crippen LogP contribution in [0.3, 0.4) is 0 Å². The molecule has 6 rings (SSSR count). The largest absolute Gasteiger partial charge is 0.506 e. The van der Waals surface area contributed by atoms with Gasteiger partial charge in [0.1, 0.15) is 42.9 Å². The van der Waals surface area contributed by atoms with E-state index < -0.39 is 74.9 Å². The van der Waals surface area contributed by atoms with Crippen LogP contribution in [0.5, 0.6) is 0 Å². The number of anilines is 1. The fourth-order valence-corrected chi connectivity index (χ4v) is 7.87. The van der Waals surface area contributed by atoms with Crippen LogP contribution in [0.2, 0.25) is 0 Å². The number of nitrogens with two attached hydrogens (primary N) is 2. The number of aliphatic hydroxyl groups is 2. The zero-order valence-electron chi connectivity index (χ0n) is 23.5. The summed E-state index contributed by atoms with van der Waals surface area (Å²) in [7, 11) is 1.48. The number of rotatable bonds is 4. The average molecular weight is 720 g/mol. The molecule has 24 heteroatoms. The molecule has 0 amide bonds. The van der Waals surface area contributed by atoms with Crippen molar-refractivity contribution in [1.29, 1.82) is 0 Å². The highest BCUT2D eigenvalue weighted by Gasteiger charge is 2.51. The van der Waals surface area contributed by atoms with Crippen LogP contribution in [-0.2, 0) is 43.9 Å². The maximum absolute atomic E-state index is 13.4. The van der Waals surface area contributed by atoms with Crippen molar-refractivity contribution in [3.8, 4) is 0 Å². The molecule has 1 saturated heterocycles. The zero-order valence-corrected chi connectivity index (χ0v) is 27.0. The lowest BCUT2D eigenvalue weighted by molar-refractivity contribution is -0.0536. The van der Waals surface area contributed by atoms with Gasteiger partial charge < -0.3 is 45.1 Å². The molecule has 3 aromatic heterocycles. The topological polar surface area (TPSA) is 278 Å². The summed E-state index contributed by atoms with van der Waals surface area (Å²) in [6, 6.07) is 1.58. The summed E-state index contributed by atoms with van der Waals surface area (Å²) >= 11 is 9.28. The third-order valence-electron chi connectivity index (χ3n) is 7.20. The molecule has 6 heterocycles. The summed E-state index contributed by atoms with van der Waals surface area (Å²) < 4.78 is 50.2. The molecule has 8 N–H and O–H groups in total. The minimum atomic E-state index is -4.36. The lowest BCUT2D eigenvalue weighted by atomic mass is 10.1. The Morgan fingerprint density at radius 2 is 2.07 bits per heavy atom. The number of fused-ring (bicyclic) bond motifs is 3. The van der Waals surface area contributed by atoms with E-state index in [4.69, 9.17) is 50.8 Å². The predicted molar refractivity (Wildman–Crippen MR) is 167 cm³/mol. The molecular weight excluding hydrogens is 692 g/mol. The first kappa shape index (κ1) is 32.8. The number of hydrogen-bond donors (Lipinski definition) is 7. The fraction of sp³-hybridized carbons (Fsp3) is 0.409. The summed E-state index contributed by atoms with van der Waals surface area (Å²) in [5, 5.41) is 22.3. The molecule has 20 nitrogen and oxygen atoms in total. The fourth-order valence-electron chi connectivity index (χ4n) is 5.11. The number of H-pyrrole nitrogens is 1. The Morgan fingerprint density at radius 3 is 2.78 bits per heavy atom. The smallest absolute Gasteiger partial charge is 0.386 e. The van der Waals surface area contributed by atoms with Crippen molar-refractivity contribution in [3.05, 3.63) is 46.0 Å². The number of amidine groups is 1. The molecule has 0 aromatic carbocycles. The monoisotopic (exact) mass is 719 g/mol. The standard InChI is InChI=1S/C22H27N9O11P2S2/c1-25-16(23)8-3-4-30(17(8)26-2)20-13(33)14-10(40-20)6-38-44(36,46)42-15-12(32)9(5-37-43(35,45)41-14)39-21(15)31-7-27-11-18(31)28-22(24)29-19(11)34/h3-4,7,10,13-15,20-21,32-33H,2,5-6H2,1H3,(H2,23,25)(H,35,45)(H,36,46)(H3,24,28,29,34)/t10-,13?,14?,15?,20-,21-,43?,44?/m1/s1. The van der Waals surface area contributed by atoms with Gasteiger partial charge >= 0.3 is 13.5 Å². The molecule has 2 bridgehead atoms. The number of ether oxygens (including phenoxy) is 2. The summed E-state index contributed by atoms with van der Waals surface area (Å²) in [4.78, 5) is 41.7. The van der Waals surface area contributed by atoms with Gasteiger partial charge in [0.15, 0.2) is 35.0 Å². The number of thiol groups is 1. The Labute approximate surface area is 268 Å². The summed E-state index contributed by atoms with van der Waals surface area (Å²) in [6.07, 6.45) is -5.70. The SMILES string of the molecule is C=Nc1c(C(N)=NC)ccn1[C@@H]1O[C@@H]2COP(O)(=S)OC3C(O)=C(COP(=O)(S)OC2C1O)O[C@H]3n1cnc2c(=O)[nH]c(N)nc21. The Bertz CT molecular complexity index is 1930. The number of aromatic nitrogens is 5. The average Bonchev–Trinajstić information content (AvgIpc) is 3.75. The second-order valence-corrected chi connectivity index (χ2v) is 15.6. The van der Waals surface area contributed by atoms with Crippen molar-refractivity contribution < 1.29 is 47.2 Å². The summed E-state index contributed by atoms with van der Waals surface area (Å²) in [5.74, 6) is -0.832. The highest BCUT2D eigenvalue weighted by molar-refractivity contribution is 8.44. The molecule has 0 aliphatic carbocycles. The number of aromatic amines is 1. The van der Waals surface area contributed by atoms with E-state index in [1.807, 2.05) is 0 Å². The molecule has 0 spiro atoms.